The van der Waals surface area contributed by atoms with Gasteiger partial charge in [0.15, 0.2) is 0 Å². The molecule has 1 fully saturated rings. The first kappa shape index (κ1) is 18.3. The topological polar surface area (TPSA) is 58.9 Å². The number of rotatable bonds is 9. The lowest BCUT2D eigenvalue weighted by molar-refractivity contribution is -0.403. The van der Waals surface area contributed by atoms with Crippen molar-refractivity contribution >= 4 is 11.8 Å². The maximum absolute atomic E-state index is 10.6. The van der Waals surface area contributed by atoms with E-state index in [0.717, 1.165) is 45.3 Å². The molecule has 2 unspecified atom stereocenters. The van der Waals surface area contributed by atoms with Crippen LogP contribution in [-0.2, 0) is 4.74 Å². The van der Waals surface area contributed by atoms with Crippen LogP contribution in [-0.4, -0.2) is 67.4 Å². The lowest BCUT2D eigenvalue weighted by Crippen LogP contribution is -2.36. The summed E-state index contributed by atoms with van der Waals surface area (Å²) in [5, 5.41) is 11.3. The molecule has 2 atom stereocenters. The SMILES string of the molecule is CSC(=C[N+](=O)[O-])N(C)CCC(C)N(C)CC1CCOC1. The Morgan fingerprint density at radius 1 is 1.57 bits per heavy atom. The van der Waals surface area contributed by atoms with Crippen LogP contribution in [0.5, 0.6) is 0 Å². The Morgan fingerprint density at radius 3 is 2.81 bits per heavy atom. The van der Waals surface area contributed by atoms with E-state index in [2.05, 4.69) is 18.9 Å². The van der Waals surface area contributed by atoms with Gasteiger partial charge in [0.25, 0.3) is 6.20 Å². The van der Waals surface area contributed by atoms with Crippen molar-refractivity contribution < 1.29 is 9.66 Å². The third-order valence-electron chi connectivity index (χ3n) is 4.01. The van der Waals surface area contributed by atoms with Gasteiger partial charge in [0, 0.05) is 32.8 Å². The van der Waals surface area contributed by atoms with Crippen LogP contribution in [0.3, 0.4) is 0 Å². The molecule has 1 saturated heterocycles. The van der Waals surface area contributed by atoms with E-state index in [9.17, 15) is 10.1 Å². The number of hydrogen-bond donors (Lipinski definition) is 0. The van der Waals surface area contributed by atoms with Crippen LogP contribution < -0.4 is 0 Å². The zero-order valence-electron chi connectivity index (χ0n) is 13.4. The highest BCUT2D eigenvalue weighted by Crippen LogP contribution is 2.18. The standard InChI is InChI=1S/C14H27N3O3S/c1-12(16(3)9-13-6-8-20-11-13)5-7-15(2)14(21-4)10-17(18)19/h10,12-13H,5-9,11H2,1-4H3. The Hall–Kier alpha value is -0.790. The average molecular weight is 317 g/mol. The summed E-state index contributed by atoms with van der Waals surface area (Å²) in [6.45, 7) is 5.84. The van der Waals surface area contributed by atoms with Crippen molar-refractivity contribution in [1.29, 1.82) is 0 Å². The molecule has 0 saturated carbocycles. The number of hydrogen-bond acceptors (Lipinski definition) is 6. The lowest BCUT2D eigenvalue weighted by Gasteiger charge is -2.29. The van der Waals surface area contributed by atoms with Gasteiger partial charge in [-0.3, -0.25) is 10.1 Å². The van der Waals surface area contributed by atoms with E-state index in [-0.39, 0.29) is 0 Å². The van der Waals surface area contributed by atoms with E-state index in [1.807, 2.05) is 18.2 Å². The van der Waals surface area contributed by atoms with Gasteiger partial charge in [-0.05, 0) is 39.0 Å². The summed E-state index contributed by atoms with van der Waals surface area (Å²) < 4.78 is 5.41. The van der Waals surface area contributed by atoms with Crippen LogP contribution in [0.1, 0.15) is 19.8 Å². The van der Waals surface area contributed by atoms with Crippen LogP contribution in [0, 0.1) is 16.0 Å². The van der Waals surface area contributed by atoms with Gasteiger partial charge in [-0.25, -0.2) is 0 Å². The summed E-state index contributed by atoms with van der Waals surface area (Å²) >= 11 is 1.41. The molecule has 1 aliphatic heterocycles. The molecule has 0 bridgehead atoms. The van der Waals surface area contributed by atoms with Crippen molar-refractivity contribution in [2.45, 2.75) is 25.8 Å². The normalized spacial score (nSPS) is 20.8. The van der Waals surface area contributed by atoms with E-state index >= 15 is 0 Å². The molecule has 0 amide bonds. The van der Waals surface area contributed by atoms with Gasteiger partial charge < -0.3 is 14.5 Å². The second kappa shape index (κ2) is 9.27. The second-order valence-corrected chi connectivity index (χ2v) is 6.51. The molecule has 1 heterocycles. The van der Waals surface area contributed by atoms with Gasteiger partial charge in [0.2, 0.25) is 0 Å². The van der Waals surface area contributed by atoms with E-state index in [4.69, 9.17) is 4.74 Å². The summed E-state index contributed by atoms with van der Waals surface area (Å²) in [6.07, 6.45) is 5.08. The van der Waals surface area contributed by atoms with Crippen molar-refractivity contribution in [2.24, 2.45) is 5.92 Å². The van der Waals surface area contributed by atoms with Gasteiger partial charge in [-0.15, -0.1) is 11.8 Å². The molecule has 122 valence electrons. The molecule has 0 aromatic rings. The van der Waals surface area contributed by atoms with Gasteiger partial charge >= 0.3 is 0 Å². The third kappa shape index (κ3) is 6.67. The Bertz CT molecular complexity index is 359. The lowest BCUT2D eigenvalue weighted by atomic mass is 10.1. The minimum Gasteiger partial charge on any atom is -0.381 e. The summed E-state index contributed by atoms with van der Waals surface area (Å²) in [5.41, 5.74) is 0. The van der Waals surface area contributed by atoms with Gasteiger partial charge in [-0.1, -0.05) is 0 Å². The molecule has 1 aliphatic rings. The van der Waals surface area contributed by atoms with Gasteiger partial charge in [-0.2, -0.15) is 0 Å². The van der Waals surface area contributed by atoms with E-state index < -0.39 is 4.92 Å². The predicted molar refractivity (Wildman–Crippen MR) is 86.9 cm³/mol. The molecule has 21 heavy (non-hydrogen) atoms. The number of ether oxygens (including phenoxy) is 1. The van der Waals surface area contributed by atoms with Crippen molar-refractivity contribution in [3.63, 3.8) is 0 Å². The third-order valence-corrected chi connectivity index (χ3v) is 4.84. The first-order valence-corrected chi connectivity index (χ1v) is 8.55. The van der Waals surface area contributed by atoms with E-state index in [1.54, 1.807) is 0 Å². The molecular formula is C14H27N3O3S. The van der Waals surface area contributed by atoms with Crippen molar-refractivity contribution in [2.75, 3.05) is 46.7 Å². The molecule has 0 aromatic carbocycles. The fourth-order valence-electron chi connectivity index (χ4n) is 2.42. The molecule has 1 rings (SSSR count). The molecule has 0 aliphatic carbocycles. The average Bonchev–Trinajstić information content (AvgIpc) is 2.94. The maximum atomic E-state index is 10.6. The summed E-state index contributed by atoms with van der Waals surface area (Å²) in [4.78, 5) is 14.5. The molecule has 0 aromatic heterocycles. The van der Waals surface area contributed by atoms with Crippen LogP contribution in [0.4, 0.5) is 0 Å². The highest BCUT2D eigenvalue weighted by molar-refractivity contribution is 8.02. The maximum Gasteiger partial charge on any atom is 0.264 e. The number of nitro groups is 1. The molecule has 6 nitrogen and oxygen atoms in total. The molecule has 0 radical (unpaired) electrons. The first-order chi connectivity index (χ1) is 9.93. The molecule has 0 spiro atoms. The Balaban J connectivity index is 2.36. The zero-order chi connectivity index (χ0) is 15.8. The van der Waals surface area contributed by atoms with Crippen LogP contribution in [0.2, 0.25) is 0 Å². The number of nitrogens with zero attached hydrogens (tertiary/aromatic N) is 3. The molecule has 0 N–H and O–H groups in total. The van der Waals surface area contributed by atoms with Crippen LogP contribution >= 0.6 is 11.8 Å². The highest BCUT2D eigenvalue weighted by Gasteiger charge is 2.20. The van der Waals surface area contributed by atoms with Gasteiger partial charge in [0.05, 0.1) is 11.5 Å². The Morgan fingerprint density at radius 2 is 2.29 bits per heavy atom. The smallest absolute Gasteiger partial charge is 0.264 e. The minimum atomic E-state index is -0.391. The predicted octanol–water partition coefficient (Wildman–Crippen LogP) is 2.10. The monoisotopic (exact) mass is 317 g/mol. The quantitative estimate of drug-likeness (QED) is 0.479. The molecular weight excluding hydrogens is 290 g/mol. The van der Waals surface area contributed by atoms with E-state index in [0.29, 0.717) is 17.0 Å². The summed E-state index contributed by atoms with van der Waals surface area (Å²) in [6, 6.07) is 0.451. The van der Waals surface area contributed by atoms with Crippen molar-refractivity contribution in [3.05, 3.63) is 21.3 Å². The van der Waals surface area contributed by atoms with Crippen LogP contribution in [0.25, 0.3) is 0 Å². The fraction of sp³-hybridized carbons (Fsp3) is 0.857. The van der Waals surface area contributed by atoms with Crippen LogP contribution in [0.15, 0.2) is 11.2 Å². The minimum absolute atomic E-state index is 0.391. The first-order valence-electron chi connectivity index (χ1n) is 7.32. The second-order valence-electron chi connectivity index (χ2n) is 5.69. The summed E-state index contributed by atoms with van der Waals surface area (Å²) in [7, 11) is 4.05. The van der Waals surface area contributed by atoms with Crippen molar-refractivity contribution in [1.82, 2.24) is 9.80 Å². The number of thioether (sulfide) groups is 1. The molecule has 7 heteroatoms. The summed E-state index contributed by atoms with van der Waals surface area (Å²) in [5.74, 6) is 0.645. The van der Waals surface area contributed by atoms with E-state index in [1.165, 1.54) is 11.8 Å². The fourth-order valence-corrected chi connectivity index (χ4v) is 3.02. The van der Waals surface area contributed by atoms with Crippen molar-refractivity contribution in [3.8, 4) is 0 Å². The Kier molecular flexibility index (Phi) is 8.06. The largest absolute Gasteiger partial charge is 0.381 e. The van der Waals surface area contributed by atoms with Gasteiger partial charge in [0.1, 0.15) is 5.03 Å². The Labute approximate surface area is 131 Å². The highest BCUT2D eigenvalue weighted by atomic mass is 32.2. The zero-order valence-corrected chi connectivity index (χ0v) is 14.3.